The van der Waals surface area contributed by atoms with Crippen molar-refractivity contribution in [2.75, 3.05) is 17.8 Å². The average molecular weight is 243 g/mol. The smallest absolute Gasteiger partial charge is 0.337 e. The maximum atomic E-state index is 11.0. The molecule has 0 heterocycles. The number of benzene rings is 1. The molecule has 0 radical (unpaired) electrons. The van der Waals surface area contributed by atoms with E-state index in [-0.39, 0.29) is 11.3 Å². The van der Waals surface area contributed by atoms with Gasteiger partial charge in [-0.3, -0.25) is 5.43 Å². The number of hydrogen-bond acceptors (Lipinski definition) is 6. The first-order valence-corrected chi connectivity index (χ1v) is 4.82. The van der Waals surface area contributed by atoms with Crippen molar-refractivity contribution in [3.05, 3.63) is 23.8 Å². The Morgan fingerprint density at radius 3 is 2.56 bits per heavy atom. The van der Waals surface area contributed by atoms with Gasteiger partial charge >= 0.3 is 5.97 Å². The Hall–Kier alpha value is -3.06. The van der Waals surface area contributed by atoms with Gasteiger partial charge in [0.2, 0.25) is 5.71 Å². The standard InChI is InChI=1S/C11H9N5O2/c1-14-10-8(11(17)18)3-2-4-9(10)16-15-7(5-12)6-13/h2-4,14,16H,1H3,(H,17,18). The van der Waals surface area contributed by atoms with Gasteiger partial charge in [0.05, 0.1) is 16.9 Å². The Kier molecular flexibility index (Phi) is 4.24. The van der Waals surface area contributed by atoms with E-state index in [0.717, 1.165) is 0 Å². The maximum absolute atomic E-state index is 11.0. The molecule has 0 aliphatic heterocycles. The summed E-state index contributed by atoms with van der Waals surface area (Å²) < 4.78 is 0. The SMILES string of the molecule is CNc1c(NN=C(C#N)C#N)cccc1C(=O)O. The molecule has 18 heavy (non-hydrogen) atoms. The largest absolute Gasteiger partial charge is 0.478 e. The van der Waals surface area contributed by atoms with Crippen LogP contribution in [0.5, 0.6) is 0 Å². The van der Waals surface area contributed by atoms with Crippen LogP contribution in [-0.4, -0.2) is 23.8 Å². The molecule has 7 heteroatoms. The van der Waals surface area contributed by atoms with E-state index in [0.29, 0.717) is 11.4 Å². The minimum absolute atomic E-state index is 0.0631. The van der Waals surface area contributed by atoms with Crippen LogP contribution in [0.2, 0.25) is 0 Å². The Morgan fingerprint density at radius 1 is 1.39 bits per heavy atom. The van der Waals surface area contributed by atoms with Crippen molar-refractivity contribution in [3.63, 3.8) is 0 Å². The molecule has 0 fully saturated rings. The minimum atomic E-state index is -1.09. The average Bonchev–Trinajstić information content (AvgIpc) is 2.39. The number of anilines is 2. The summed E-state index contributed by atoms with van der Waals surface area (Å²) in [4.78, 5) is 11.0. The highest BCUT2D eigenvalue weighted by atomic mass is 16.4. The Labute approximate surface area is 103 Å². The van der Waals surface area contributed by atoms with Crippen molar-refractivity contribution in [2.24, 2.45) is 5.10 Å². The molecule has 0 atom stereocenters. The van der Waals surface area contributed by atoms with E-state index in [1.54, 1.807) is 25.3 Å². The second kappa shape index (κ2) is 5.87. The molecule has 0 aliphatic carbocycles. The van der Waals surface area contributed by atoms with Crippen molar-refractivity contribution in [1.29, 1.82) is 10.5 Å². The molecule has 90 valence electrons. The Morgan fingerprint density at radius 2 is 2.06 bits per heavy atom. The number of para-hydroxylation sites is 1. The number of aromatic carboxylic acids is 1. The van der Waals surface area contributed by atoms with Crippen LogP contribution in [0.1, 0.15) is 10.4 Å². The third kappa shape index (κ3) is 2.74. The second-order valence-electron chi connectivity index (χ2n) is 3.08. The maximum Gasteiger partial charge on any atom is 0.337 e. The number of carboxylic acid groups (broad SMARTS) is 1. The molecular weight excluding hydrogens is 234 g/mol. The fourth-order valence-corrected chi connectivity index (χ4v) is 1.28. The first-order valence-electron chi connectivity index (χ1n) is 4.82. The lowest BCUT2D eigenvalue weighted by Gasteiger charge is -2.10. The third-order valence-corrected chi connectivity index (χ3v) is 2.04. The van der Waals surface area contributed by atoms with Gasteiger partial charge in [-0.05, 0) is 12.1 Å². The summed E-state index contributed by atoms with van der Waals surface area (Å²) in [6.07, 6.45) is 0. The number of hydrazone groups is 1. The molecule has 0 unspecified atom stereocenters. The van der Waals surface area contributed by atoms with Crippen LogP contribution in [0.15, 0.2) is 23.3 Å². The summed E-state index contributed by atoms with van der Waals surface area (Å²) in [5.41, 5.74) is 2.88. The van der Waals surface area contributed by atoms with Crippen LogP contribution in [0, 0.1) is 22.7 Å². The molecular formula is C11H9N5O2. The van der Waals surface area contributed by atoms with Gasteiger partial charge in [0, 0.05) is 7.05 Å². The van der Waals surface area contributed by atoms with Crippen LogP contribution in [0.3, 0.4) is 0 Å². The van der Waals surface area contributed by atoms with Crippen LogP contribution < -0.4 is 10.7 Å². The molecule has 0 aliphatic rings. The van der Waals surface area contributed by atoms with Crippen LogP contribution in [0.4, 0.5) is 11.4 Å². The summed E-state index contributed by atoms with van der Waals surface area (Å²) in [7, 11) is 1.56. The zero-order valence-electron chi connectivity index (χ0n) is 9.43. The van der Waals surface area contributed by atoms with Crippen molar-refractivity contribution < 1.29 is 9.90 Å². The van der Waals surface area contributed by atoms with E-state index < -0.39 is 5.97 Å². The third-order valence-electron chi connectivity index (χ3n) is 2.04. The van der Waals surface area contributed by atoms with Gasteiger partial charge in [-0.2, -0.15) is 15.6 Å². The number of carboxylic acids is 1. The second-order valence-corrected chi connectivity index (χ2v) is 3.08. The molecule has 3 N–H and O–H groups in total. The van der Waals surface area contributed by atoms with E-state index in [1.165, 1.54) is 12.1 Å². The molecule has 0 bridgehead atoms. The predicted molar refractivity (Wildman–Crippen MR) is 65.2 cm³/mol. The normalized spacial score (nSPS) is 8.61. The lowest BCUT2D eigenvalue weighted by atomic mass is 10.1. The number of carbonyl (C=O) groups is 1. The van der Waals surface area contributed by atoms with Gasteiger partial charge < -0.3 is 10.4 Å². The van der Waals surface area contributed by atoms with Crippen LogP contribution in [-0.2, 0) is 0 Å². The molecule has 0 amide bonds. The Bertz CT molecular complexity index is 564. The topological polar surface area (TPSA) is 121 Å². The number of hydrogen-bond donors (Lipinski definition) is 3. The van der Waals surface area contributed by atoms with E-state index in [4.69, 9.17) is 15.6 Å². The number of nitrogens with zero attached hydrogens (tertiary/aromatic N) is 3. The quantitative estimate of drug-likeness (QED) is 0.540. The molecule has 0 spiro atoms. The van der Waals surface area contributed by atoms with E-state index in [1.807, 2.05) is 0 Å². The molecule has 0 saturated carbocycles. The van der Waals surface area contributed by atoms with Gasteiger partial charge in [-0.1, -0.05) is 6.07 Å². The first-order chi connectivity index (χ1) is 8.63. The highest BCUT2D eigenvalue weighted by Crippen LogP contribution is 2.25. The summed E-state index contributed by atoms with van der Waals surface area (Å²) >= 11 is 0. The number of nitrogens with one attached hydrogen (secondary N) is 2. The predicted octanol–water partition coefficient (Wildman–Crippen LogP) is 1.24. The molecule has 1 rings (SSSR count). The highest BCUT2D eigenvalue weighted by molar-refractivity contribution is 6.10. The monoisotopic (exact) mass is 243 g/mol. The van der Waals surface area contributed by atoms with Gasteiger partial charge in [0.15, 0.2) is 0 Å². The summed E-state index contributed by atoms with van der Waals surface area (Å²) in [6.45, 7) is 0. The fourth-order valence-electron chi connectivity index (χ4n) is 1.28. The van der Waals surface area contributed by atoms with E-state index in [9.17, 15) is 4.79 Å². The first kappa shape index (κ1) is 13.0. The van der Waals surface area contributed by atoms with Gasteiger partial charge in [0.25, 0.3) is 0 Å². The molecule has 1 aromatic carbocycles. The van der Waals surface area contributed by atoms with E-state index >= 15 is 0 Å². The van der Waals surface area contributed by atoms with E-state index in [2.05, 4.69) is 15.8 Å². The van der Waals surface area contributed by atoms with Crippen molar-refractivity contribution in [1.82, 2.24) is 0 Å². The highest BCUT2D eigenvalue weighted by Gasteiger charge is 2.12. The zero-order chi connectivity index (χ0) is 13.5. The molecule has 1 aromatic rings. The summed E-state index contributed by atoms with van der Waals surface area (Å²) in [5.74, 6) is -1.09. The van der Waals surface area contributed by atoms with Gasteiger partial charge in [0.1, 0.15) is 12.1 Å². The molecule has 0 saturated heterocycles. The number of nitriles is 2. The fraction of sp³-hybridized carbons (Fsp3) is 0.0909. The minimum Gasteiger partial charge on any atom is -0.478 e. The summed E-state index contributed by atoms with van der Waals surface area (Å²) in [5, 5.41) is 32.3. The lowest BCUT2D eigenvalue weighted by molar-refractivity contribution is 0.0698. The molecule has 0 aromatic heterocycles. The van der Waals surface area contributed by atoms with Crippen LogP contribution >= 0.6 is 0 Å². The zero-order valence-corrected chi connectivity index (χ0v) is 9.43. The molecule has 7 nitrogen and oxygen atoms in total. The van der Waals surface area contributed by atoms with Gasteiger partial charge in [-0.25, -0.2) is 4.79 Å². The lowest BCUT2D eigenvalue weighted by Crippen LogP contribution is -2.06. The van der Waals surface area contributed by atoms with Crippen LogP contribution in [0.25, 0.3) is 0 Å². The Balaban J connectivity index is 3.16. The van der Waals surface area contributed by atoms with Crippen molar-refractivity contribution in [3.8, 4) is 12.1 Å². The van der Waals surface area contributed by atoms with Crippen molar-refractivity contribution >= 4 is 23.1 Å². The van der Waals surface area contributed by atoms with Gasteiger partial charge in [-0.15, -0.1) is 0 Å². The summed E-state index contributed by atoms with van der Waals surface area (Å²) in [6, 6.07) is 7.71. The number of rotatable bonds is 4. The van der Waals surface area contributed by atoms with Crippen molar-refractivity contribution in [2.45, 2.75) is 0 Å².